The molecule has 31 valence electrons. The van der Waals surface area contributed by atoms with Crippen molar-refractivity contribution in [2.75, 3.05) is 6.61 Å². The Kier molecular flexibility index (Phi) is 0.675. The van der Waals surface area contributed by atoms with E-state index in [-0.39, 0.29) is 0 Å². The van der Waals surface area contributed by atoms with Crippen LogP contribution in [-0.4, -0.2) is 6.61 Å². The summed E-state index contributed by atoms with van der Waals surface area (Å²) in [5, 5.41) is 0. The van der Waals surface area contributed by atoms with E-state index in [1.54, 1.807) is 0 Å². The minimum atomic E-state index is 0.648. The van der Waals surface area contributed by atoms with Gasteiger partial charge in [0.2, 0.25) is 0 Å². The van der Waals surface area contributed by atoms with Gasteiger partial charge in [-0.05, 0) is 6.08 Å². The van der Waals surface area contributed by atoms with Gasteiger partial charge in [0.25, 0.3) is 0 Å². The van der Waals surface area contributed by atoms with Crippen molar-refractivity contribution in [2.45, 2.75) is 0 Å². The summed E-state index contributed by atoms with van der Waals surface area (Å²) < 4.78 is 4.79. The van der Waals surface area contributed by atoms with Crippen molar-refractivity contribution >= 4 is 0 Å². The lowest BCUT2D eigenvalue weighted by atomic mass is 10.5. The Bertz CT molecular complexity index is 92.1. The molecule has 1 aliphatic heterocycles. The highest BCUT2D eigenvalue weighted by molar-refractivity contribution is 5.04. The normalized spacial score (nSPS) is 18.3. The van der Waals surface area contributed by atoms with E-state index >= 15 is 0 Å². The predicted molar refractivity (Wildman–Crippen MR) is 22.9 cm³/mol. The van der Waals surface area contributed by atoms with E-state index in [0.717, 1.165) is 0 Å². The van der Waals surface area contributed by atoms with Crippen LogP contribution in [0.25, 0.3) is 0 Å². The van der Waals surface area contributed by atoms with Crippen LogP contribution in [0.15, 0.2) is 18.4 Å². The van der Waals surface area contributed by atoms with Crippen LogP contribution in [-0.2, 0) is 4.74 Å². The molecule has 0 bridgehead atoms. The molecule has 0 atom stereocenters. The maximum absolute atomic E-state index is 4.79. The molecule has 1 aliphatic rings. The third-order valence-electron chi connectivity index (χ3n) is 0.604. The van der Waals surface area contributed by atoms with Crippen molar-refractivity contribution in [3.8, 4) is 0 Å². The second kappa shape index (κ2) is 1.17. The summed E-state index contributed by atoms with van der Waals surface area (Å²) in [4.78, 5) is 0. The third kappa shape index (κ3) is 0.432. The molecule has 0 fully saturated rings. The molecule has 0 aromatic rings. The lowest BCUT2D eigenvalue weighted by Crippen LogP contribution is -1.74. The summed E-state index contributed by atoms with van der Waals surface area (Å²) in [5.74, 6) is 0.648. The minimum absolute atomic E-state index is 0.648. The van der Waals surface area contributed by atoms with E-state index in [2.05, 4.69) is 12.7 Å². The van der Waals surface area contributed by atoms with E-state index in [1.807, 2.05) is 6.08 Å². The van der Waals surface area contributed by atoms with Crippen LogP contribution in [0.1, 0.15) is 0 Å². The van der Waals surface area contributed by atoms with Crippen molar-refractivity contribution < 1.29 is 4.74 Å². The van der Waals surface area contributed by atoms with Gasteiger partial charge in [0, 0.05) is 6.08 Å². The molecular weight excluding hydrogens is 76.1 g/mol. The monoisotopic (exact) mass is 81.0 g/mol. The number of hydrogen-bond donors (Lipinski definition) is 0. The lowest BCUT2D eigenvalue weighted by molar-refractivity contribution is 0.279. The van der Waals surface area contributed by atoms with Crippen molar-refractivity contribution in [3.63, 3.8) is 0 Å². The first-order valence-electron chi connectivity index (χ1n) is 1.79. The second-order valence-electron chi connectivity index (χ2n) is 1.08. The van der Waals surface area contributed by atoms with Crippen LogP contribution in [0.3, 0.4) is 0 Å². The number of hydrogen-bond acceptors (Lipinski definition) is 1. The highest BCUT2D eigenvalue weighted by Crippen LogP contribution is 2.00. The summed E-state index contributed by atoms with van der Waals surface area (Å²) in [6, 6.07) is 0. The molecule has 6 heavy (non-hydrogen) atoms. The molecule has 1 nitrogen and oxygen atoms in total. The SMILES string of the molecule is C=C1[C]=CCO1. The van der Waals surface area contributed by atoms with E-state index in [1.165, 1.54) is 0 Å². The fourth-order valence-electron chi connectivity index (χ4n) is 0.339. The summed E-state index contributed by atoms with van der Waals surface area (Å²) in [5.41, 5.74) is 0. The van der Waals surface area contributed by atoms with Crippen LogP contribution in [0.5, 0.6) is 0 Å². The molecule has 1 heterocycles. The maximum atomic E-state index is 4.79. The van der Waals surface area contributed by atoms with Crippen LogP contribution in [0, 0.1) is 6.08 Å². The smallest absolute Gasteiger partial charge is 0.120 e. The first kappa shape index (κ1) is 3.47. The quantitative estimate of drug-likeness (QED) is 0.420. The molecule has 0 spiro atoms. The topological polar surface area (TPSA) is 9.23 Å². The largest absolute Gasteiger partial charge is 0.489 e. The molecule has 0 amide bonds. The van der Waals surface area contributed by atoms with Gasteiger partial charge in [-0.15, -0.1) is 0 Å². The zero-order valence-electron chi connectivity index (χ0n) is 3.40. The molecule has 0 aromatic heterocycles. The fourth-order valence-corrected chi connectivity index (χ4v) is 0.339. The van der Waals surface area contributed by atoms with Gasteiger partial charge >= 0.3 is 0 Å². The number of rotatable bonds is 0. The first-order valence-corrected chi connectivity index (χ1v) is 1.79. The minimum Gasteiger partial charge on any atom is -0.489 e. The molecule has 0 aromatic carbocycles. The molecular formula is C5H5O. The lowest BCUT2D eigenvalue weighted by Gasteiger charge is -1.87. The van der Waals surface area contributed by atoms with E-state index in [9.17, 15) is 0 Å². The summed E-state index contributed by atoms with van der Waals surface area (Å²) in [6.45, 7) is 4.14. The molecule has 0 aliphatic carbocycles. The zero-order chi connectivity index (χ0) is 4.41. The van der Waals surface area contributed by atoms with Gasteiger partial charge < -0.3 is 4.74 Å². The summed E-state index contributed by atoms with van der Waals surface area (Å²) >= 11 is 0. The summed E-state index contributed by atoms with van der Waals surface area (Å²) in [6.07, 6.45) is 4.59. The molecule has 1 heteroatoms. The highest BCUT2D eigenvalue weighted by Gasteiger charge is 1.92. The maximum Gasteiger partial charge on any atom is 0.120 e. The Balaban J connectivity index is 2.59. The zero-order valence-corrected chi connectivity index (χ0v) is 3.40. The Labute approximate surface area is 36.9 Å². The average Bonchev–Trinajstić information content (AvgIpc) is 1.86. The average molecular weight is 81.1 g/mol. The van der Waals surface area contributed by atoms with Crippen LogP contribution < -0.4 is 0 Å². The molecule has 0 saturated heterocycles. The highest BCUT2D eigenvalue weighted by atomic mass is 16.5. The predicted octanol–water partition coefficient (Wildman–Crippen LogP) is 0.890. The van der Waals surface area contributed by atoms with E-state index in [4.69, 9.17) is 4.74 Å². The van der Waals surface area contributed by atoms with Gasteiger partial charge in [0.15, 0.2) is 0 Å². The van der Waals surface area contributed by atoms with Crippen molar-refractivity contribution in [2.24, 2.45) is 0 Å². The fraction of sp³-hybridized carbons (Fsp3) is 0.200. The van der Waals surface area contributed by atoms with Gasteiger partial charge in [-0.3, -0.25) is 0 Å². The van der Waals surface area contributed by atoms with E-state index < -0.39 is 0 Å². The van der Waals surface area contributed by atoms with Crippen LogP contribution in [0.4, 0.5) is 0 Å². The van der Waals surface area contributed by atoms with Crippen LogP contribution in [0.2, 0.25) is 0 Å². The third-order valence-corrected chi connectivity index (χ3v) is 0.604. The number of ether oxygens (including phenoxy) is 1. The first-order chi connectivity index (χ1) is 2.89. The van der Waals surface area contributed by atoms with Crippen LogP contribution >= 0.6 is 0 Å². The Hall–Kier alpha value is -0.720. The van der Waals surface area contributed by atoms with Crippen molar-refractivity contribution in [3.05, 3.63) is 24.5 Å². The van der Waals surface area contributed by atoms with Crippen molar-refractivity contribution in [1.29, 1.82) is 0 Å². The molecule has 1 rings (SSSR count). The molecule has 0 unspecified atom stereocenters. The van der Waals surface area contributed by atoms with Gasteiger partial charge in [-0.2, -0.15) is 0 Å². The standard InChI is InChI=1S/C5H5O/c1-5-3-2-4-6-5/h2H,1,4H2. The van der Waals surface area contributed by atoms with E-state index in [0.29, 0.717) is 12.4 Å². The van der Waals surface area contributed by atoms with Gasteiger partial charge in [-0.1, -0.05) is 6.58 Å². The molecule has 0 N–H and O–H groups in total. The Morgan fingerprint density at radius 2 is 2.83 bits per heavy atom. The second-order valence-corrected chi connectivity index (χ2v) is 1.08. The summed E-state index contributed by atoms with van der Waals surface area (Å²) in [7, 11) is 0. The Morgan fingerprint density at radius 3 is 3.00 bits per heavy atom. The van der Waals surface area contributed by atoms with Gasteiger partial charge in [0.1, 0.15) is 12.4 Å². The molecule has 0 saturated carbocycles. The van der Waals surface area contributed by atoms with Gasteiger partial charge in [0.05, 0.1) is 0 Å². The number of allylic oxidation sites excluding steroid dienone is 1. The molecule has 1 radical (unpaired) electrons. The van der Waals surface area contributed by atoms with Crippen molar-refractivity contribution in [1.82, 2.24) is 0 Å². The van der Waals surface area contributed by atoms with Gasteiger partial charge in [-0.25, -0.2) is 0 Å². The Morgan fingerprint density at radius 1 is 2.00 bits per heavy atom.